The maximum atomic E-state index is 14.4. The Labute approximate surface area is 201 Å². The molecule has 1 aliphatic rings. The second-order valence-corrected chi connectivity index (χ2v) is 9.31. The Bertz CT molecular complexity index is 1480. The first kappa shape index (κ1) is 23.0. The quantitative estimate of drug-likeness (QED) is 0.358. The molecule has 0 saturated carbocycles. The summed E-state index contributed by atoms with van der Waals surface area (Å²) in [7, 11) is 1.74. The van der Waals surface area contributed by atoms with E-state index < -0.39 is 11.4 Å². The number of carbonyl (C=O) groups excluding carboxylic acids is 1. The highest BCUT2D eigenvalue weighted by Gasteiger charge is 2.24. The Hall–Kier alpha value is -3.76. The molecule has 35 heavy (non-hydrogen) atoms. The summed E-state index contributed by atoms with van der Waals surface area (Å²) in [6.07, 6.45) is 0. The number of carbonyl (C=O) groups is 1. The van der Waals surface area contributed by atoms with Crippen LogP contribution in [-0.4, -0.2) is 64.5 Å². The van der Waals surface area contributed by atoms with Crippen molar-refractivity contribution in [2.24, 2.45) is 0 Å². The molecule has 182 valence electrons. The topological polar surface area (TPSA) is 123 Å². The van der Waals surface area contributed by atoms with E-state index in [4.69, 9.17) is 5.73 Å². The maximum absolute atomic E-state index is 14.4. The van der Waals surface area contributed by atoms with Crippen molar-refractivity contribution in [1.82, 2.24) is 25.2 Å². The van der Waals surface area contributed by atoms with Crippen LogP contribution >= 0.6 is 0 Å². The Balaban J connectivity index is 1.45. The lowest BCUT2D eigenvalue weighted by atomic mass is 10.1. The number of pyridine rings is 1. The number of benzene rings is 2. The first-order valence-corrected chi connectivity index (χ1v) is 11.6. The van der Waals surface area contributed by atoms with E-state index in [1.807, 2.05) is 6.07 Å². The summed E-state index contributed by atoms with van der Waals surface area (Å²) in [4.78, 5) is 39.8. The van der Waals surface area contributed by atoms with Crippen molar-refractivity contribution in [1.29, 1.82) is 0 Å². The third kappa shape index (κ3) is 4.26. The zero-order valence-corrected chi connectivity index (χ0v) is 19.9. The third-order valence-electron chi connectivity index (χ3n) is 6.48. The zero-order valence-electron chi connectivity index (χ0n) is 19.9. The summed E-state index contributed by atoms with van der Waals surface area (Å²) in [6, 6.07) is 10.4. The molecule has 5 rings (SSSR count). The Morgan fingerprint density at radius 1 is 1.17 bits per heavy atom. The van der Waals surface area contributed by atoms with Crippen LogP contribution < -0.4 is 21.5 Å². The number of likely N-dealkylation sites (N-methyl/N-ethyl adjacent to an activating group) is 1. The molecule has 0 aliphatic carbocycles. The highest BCUT2D eigenvalue weighted by molar-refractivity contribution is 5.99. The van der Waals surface area contributed by atoms with Gasteiger partial charge in [-0.2, -0.15) is 0 Å². The largest absolute Gasteiger partial charge is 0.397 e. The Morgan fingerprint density at radius 3 is 2.66 bits per heavy atom. The normalized spacial score (nSPS) is 18.9. The van der Waals surface area contributed by atoms with Gasteiger partial charge in [0.1, 0.15) is 17.2 Å². The Morgan fingerprint density at radius 2 is 1.91 bits per heavy atom. The van der Waals surface area contributed by atoms with Crippen molar-refractivity contribution in [3.05, 3.63) is 52.6 Å². The molecular formula is C25H28FN7O2. The van der Waals surface area contributed by atoms with Crippen LogP contribution in [0.3, 0.4) is 0 Å². The van der Waals surface area contributed by atoms with Crippen LogP contribution in [0.2, 0.25) is 0 Å². The monoisotopic (exact) mass is 477 g/mol. The second kappa shape index (κ2) is 8.79. The van der Waals surface area contributed by atoms with Gasteiger partial charge in [0.25, 0.3) is 5.56 Å². The fourth-order valence-electron chi connectivity index (χ4n) is 4.90. The lowest BCUT2D eigenvalue weighted by molar-refractivity contribution is -0.119. The number of hydrogen-bond donors (Lipinski definition) is 4. The molecule has 9 nitrogen and oxygen atoms in total. The fraction of sp³-hybridized carbons (Fsp3) is 0.320. The minimum absolute atomic E-state index is 0.0175. The summed E-state index contributed by atoms with van der Waals surface area (Å²) < 4.78 is 14.4. The molecule has 3 heterocycles. The average Bonchev–Trinajstić information content (AvgIpc) is 3.20. The van der Waals surface area contributed by atoms with Gasteiger partial charge in [-0.3, -0.25) is 14.5 Å². The van der Waals surface area contributed by atoms with Gasteiger partial charge in [0.05, 0.1) is 34.2 Å². The van der Waals surface area contributed by atoms with Crippen LogP contribution in [0, 0.1) is 5.82 Å². The van der Waals surface area contributed by atoms with E-state index in [-0.39, 0.29) is 28.4 Å². The van der Waals surface area contributed by atoms with Gasteiger partial charge >= 0.3 is 0 Å². The number of nitrogen functional groups attached to an aromatic ring is 1. The van der Waals surface area contributed by atoms with E-state index in [0.717, 1.165) is 13.1 Å². The average molecular weight is 478 g/mol. The van der Waals surface area contributed by atoms with Gasteiger partial charge in [-0.05, 0) is 44.2 Å². The minimum Gasteiger partial charge on any atom is -0.397 e. The van der Waals surface area contributed by atoms with Gasteiger partial charge in [-0.1, -0.05) is 6.07 Å². The van der Waals surface area contributed by atoms with Crippen molar-refractivity contribution in [3.8, 4) is 11.4 Å². The number of aromatic amines is 2. The van der Waals surface area contributed by atoms with E-state index in [1.54, 1.807) is 30.1 Å². The molecule has 1 saturated heterocycles. The molecule has 2 aromatic carbocycles. The molecule has 5 N–H and O–H groups in total. The summed E-state index contributed by atoms with van der Waals surface area (Å²) in [5.74, 6) is -0.306. The van der Waals surface area contributed by atoms with Gasteiger partial charge in [0.2, 0.25) is 5.91 Å². The number of fused-ring (bicyclic) bond motifs is 2. The second-order valence-electron chi connectivity index (χ2n) is 9.31. The molecule has 1 fully saturated rings. The molecule has 4 aromatic rings. The molecule has 1 aliphatic heterocycles. The van der Waals surface area contributed by atoms with Crippen LogP contribution in [-0.2, 0) is 4.79 Å². The van der Waals surface area contributed by atoms with Crippen molar-refractivity contribution in [2.45, 2.75) is 25.9 Å². The molecule has 0 spiro atoms. The molecule has 2 aromatic heterocycles. The highest BCUT2D eigenvalue weighted by atomic mass is 19.1. The zero-order chi connectivity index (χ0) is 24.9. The maximum Gasteiger partial charge on any atom is 0.261 e. The number of piperazine rings is 1. The van der Waals surface area contributed by atoms with E-state index in [1.165, 1.54) is 12.1 Å². The summed E-state index contributed by atoms with van der Waals surface area (Å²) in [6.45, 7) is 6.18. The van der Waals surface area contributed by atoms with Crippen LogP contribution in [0.15, 0.2) is 41.2 Å². The molecule has 2 unspecified atom stereocenters. The first-order chi connectivity index (χ1) is 16.7. The molecule has 2 atom stereocenters. The molecular weight excluding hydrogens is 449 g/mol. The number of hydrogen-bond acceptors (Lipinski definition) is 6. The lowest BCUT2D eigenvalue weighted by Crippen LogP contribution is -2.56. The molecule has 1 amide bonds. The lowest BCUT2D eigenvalue weighted by Gasteiger charge is -2.36. The molecule has 0 bridgehead atoms. The number of H-pyrrole nitrogens is 2. The van der Waals surface area contributed by atoms with Crippen LogP contribution in [0.25, 0.3) is 33.3 Å². The van der Waals surface area contributed by atoms with Crippen molar-refractivity contribution < 1.29 is 9.18 Å². The first-order valence-electron chi connectivity index (χ1n) is 11.6. The van der Waals surface area contributed by atoms with Crippen molar-refractivity contribution >= 4 is 39.2 Å². The van der Waals surface area contributed by atoms with Crippen LogP contribution in [0.1, 0.15) is 13.8 Å². The predicted molar refractivity (Wildman–Crippen MR) is 136 cm³/mol. The van der Waals surface area contributed by atoms with E-state index in [2.05, 4.69) is 39.0 Å². The highest BCUT2D eigenvalue weighted by Crippen LogP contribution is 2.30. The van der Waals surface area contributed by atoms with Crippen molar-refractivity contribution in [2.75, 3.05) is 37.3 Å². The smallest absolute Gasteiger partial charge is 0.261 e. The number of imidazole rings is 1. The number of nitrogens with one attached hydrogen (secondary N) is 3. The number of nitrogens with two attached hydrogens (primary N) is 1. The summed E-state index contributed by atoms with van der Waals surface area (Å²) in [5.41, 5.74) is 8.10. The minimum atomic E-state index is -0.524. The number of anilines is 2. The van der Waals surface area contributed by atoms with Gasteiger partial charge < -0.3 is 25.9 Å². The summed E-state index contributed by atoms with van der Waals surface area (Å²) in [5, 5.41) is 3.61. The van der Waals surface area contributed by atoms with E-state index in [0.29, 0.717) is 40.9 Å². The Kier molecular flexibility index (Phi) is 5.78. The summed E-state index contributed by atoms with van der Waals surface area (Å²) >= 11 is 0. The molecule has 0 radical (unpaired) electrons. The standard InChI is InChI=1S/C25H28FN7O2/c1-13-10-33(11-14(2)28-13)12-20(34)32(3)15-7-8-17-19(9-15)30-24(29-17)22-23(27)21-16(26)5-4-6-18(21)31-25(22)35/h4-9,13-14,28H,10-12H2,1-3H3,(H,29,30)(H3,27,31,35). The van der Waals surface area contributed by atoms with E-state index in [9.17, 15) is 14.0 Å². The molecule has 10 heteroatoms. The van der Waals surface area contributed by atoms with E-state index >= 15 is 0 Å². The number of rotatable bonds is 4. The van der Waals surface area contributed by atoms with Gasteiger partial charge in [0, 0.05) is 37.9 Å². The van der Waals surface area contributed by atoms with Crippen LogP contribution in [0.4, 0.5) is 15.8 Å². The SMILES string of the molecule is CC1CN(CC(=O)N(C)c2ccc3nc(-c4c(N)c5c(F)cccc5[nH]c4=O)[nH]c3c2)CC(C)N1. The fourth-order valence-corrected chi connectivity index (χ4v) is 4.90. The van der Waals surface area contributed by atoms with Crippen LogP contribution in [0.5, 0.6) is 0 Å². The number of amides is 1. The predicted octanol–water partition coefficient (Wildman–Crippen LogP) is 2.44. The van der Waals surface area contributed by atoms with Gasteiger partial charge in [-0.15, -0.1) is 0 Å². The van der Waals surface area contributed by atoms with Gasteiger partial charge in [-0.25, -0.2) is 9.37 Å². The van der Waals surface area contributed by atoms with Crippen molar-refractivity contribution in [3.63, 3.8) is 0 Å². The number of nitrogens with zero attached hydrogens (tertiary/aromatic N) is 3. The number of halogens is 1. The number of aromatic nitrogens is 3. The third-order valence-corrected chi connectivity index (χ3v) is 6.48. The van der Waals surface area contributed by atoms with Gasteiger partial charge in [0.15, 0.2) is 0 Å².